The first-order chi connectivity index (χ1) is 9.35. The maximum Gasteiger partial charge on any atom is 0.401 e. The maximum atomic E-state index is 12.2. The van der Waals surface area contributed by atoms with Crippen LogP contribution in [0, 0.1) is 18.3 Å². The molecule has 112 valence electrons. The molecule has 7 heteroatoms. The number of rotatable bonds is 3. The molecule has 0 amide bonds. The van der Waals surface area contributed by atoms with Crippen molar-refractivity contribution < 1.29 is 13.2 Å². The smallest absolute Gasteiger partial charge is 0.290 e. The first kappa shape index (κ1) is 16.5. The molecule has 1 saturated heterocycles. The fourth-order valence-electron chi connectivity index (χ4n) is 2.32. The van der Waals surface area contributed by atoms with Crippen molar-refractivity contribution in [2.24, 2.45) is 0 Å². The average Bonchev–Trinajstić information content (AvgIpc) is 2.74. The topological polar surface area (TPSA) is 44.9 Å². The van der Waals surface area contributed by atoms with Gasteiger partial charge in [-0.3, -0.25) is 9.58 Å². The molecule has 0 saturated carbocycles. The third kappa shape index (κ3) is 3.73. The van der Waals surface area contributed by atoms with Crippen LogP contribution in [0.15, 0.2) is 12.3 Å². The van der Waals surface area contributed by atoms with E-state index in [1.54, 1.807) is 16.9 Å². The van der Waals surface area contributed by atoms with Crippen LogP contribution >= 0.6 is 0 Å². The van der Waals surface area contributed by atoms with Gasteiger partial charge in [0, 0.05) is 19.3 Å². The normalized spacial score (nSPS) is 17.6. The van der Waals surface area contributed by atoms with Crippen LogP contribution in [-0.2, 0) is 5.54 Å². The highest BCUT2D eigenvalue weighted by Gasteiger charge is 2.48. The van der Waals surface area contributed by atoms with E-state index in [2.05, 4.69) is 5.10 Å². The first-order valence-corrected chi connectivity index (χ1v) is 6.53. The van der Waals surface area contributed by atoms with E-state index in [0.29, 0.717) is 0 Å². The van der Waals surface area contributed by atoms with Crippen molar-refractivity contribution in [2.45, 2.75) is 38.9 Å². The van der Waals surface area contributed by atoms with Crippen molar-refractivity contribution in [1.29, 1.82) is 5.26 Å². The summed E-state index contributed by atoms with van der Waals surface area (Å²) >= 11 is 0. The van der Waals surface area contributed by atoms with Gasteiger partial charge in [0.1, 0.15) is 5.54 Å². The minimum absolute atomic E-state index is 0.169. The van der Waals surface area contributed by atoms with Gasteiger partial charge in [0.25, 0.3) is 0 Å². The van der Waals surface area contributed by atoms with Crippen LogP contribution in [0.5, 0.6) is 0 Å². The highest BCUT2D eigenvalue weighted by Crippen LogP contribution is 2.34. The van der Waals surface area contributed by atoms with Gasteiger partial charge in [-0.15, -0.1) is 0 Å². The molecule has 1 aromatic heterocycles. The summed E-state index contributed by atoms with van der Waals surface area (Å²) in [7, 11) is 0. The molecule has 0 aromatic carbocycles. The molecule has 0 atom stereocenters. The number of nitriles is 1. The van der Waals surface area contributed by atoms with Gasteiger partial charge in [0.2, 0.25) is 0 Å². The van der Waals surface area contributed by atoms with Crippen molar-refractivity contribution in [2.75, 3.05) is 19.6 Å². The predicted molar refractivity (Wildman–Crippen MR) is 69.0 cm³/mol. The van der Waals surface area contributed by atoms with Gasteiger partial charge in [0.05, 0.1) is 24.7 Å². The average molecular weight is 288 g/mol. The van der Waals surface area contributed by atoms with Crippen molar-refractivity contribution in [3.63, 3.8) is 0 Å². The van der Waals surface area contributed by atoms with Gasteiger partial charge in [-0.1, -0.05) is 13.8 Å². The summed E-state index contributed by atoms with van der Waals surface area (Å²) in [6.45, 7) is 5.30. The summed E-state index contributed by atoms with van der Waals surface area (Å²) in [6.07, 6.45) is -2.31. The summed E-state index contributed by atoms with van der Waals surface area (Å²) in [5.74, 6) is 0. The standard InChI is InChI=1S/C11H13F3N4.C2H6/c1-9-2-5-18(16-9)10(3-4-15)6-17(7-10)8-11(12,13)14;1-2/h2,5H,3,6-8H2,1H3;1-2H3. The van der Waals surface area contributed by atoms with E-state index in [4.69, 9.17) is 5.26 Å². The Morgan fingerprint density at radius 3 is 2.40 bits per heavy atom. The third-order valence-electron chi connectivity index (χ3n) is 3.06. The van der Waals surface area contributed by atoms with E-state index in [9.17, 15) is 13.2 Å². The molecule has 0 radical (unpaired) electrons. The lowest BCUT2D eigenvalue weighted by Crippen LogP contribution is -2.64. The van der Waals surface area contributed by atoms with E-state index >= 15 is 0 Å². The Labute approximate surface area is 116 Å². The Morgan fingerprint density at radius 1 is 1.40 bits per heavy atom. The highest BCUT2D eigenvalue weighted by atomic mass is 19.4. The van der Waals surface area contributed by atoms with Gasteiger partial charge in [-0.25, -0.2) is 0 Å². The maximum absolute atomic E-state index is 12.2. The van der Waals surface area contributed by atoms with E-state index in [0.717, 1.165) is 5.69 Å². The molecule has 1 aliphatic rings. The van der Waals surface area contributed by atoms with Crippen LogP contribution in [0.1, 0.15) is 26.0 Å². The lowest BCUT2D eigenvalue weighted by Gasteiger charge is -2.49. The molecular weight excluding hydrogens is 269 g/mol. The first-order valence-electron chi connectivity index (χ1n) is 6.53. The third-order valence-corrected chi connectivity index (χ3v) is 3.06. The zero-order valence-corrected chi connectivity index (χ0v) is 11.9. The number of likely N-dealkylation sites (tertiary alicyclic amines) is 1. The lowest BCUT2D eigenvalue weighted by molar-refractivity contribution is -0.167. The Balaban J connectivity index is 0.000000956. The van der Waals surface area contributed by atoms with Gasteiger partial charge in [-0.2, -0.15) is 23.5 Å². The fourth-order valence-corrected chi connectivity index (χ4v) is 2.32. The summed E-state index contributed by atoms with van der Waals surface area (Å²) in [6, 6.07) is 3.82. The number of aryl methyl sites for hydroxylation is 1. The SMILES string of the molecule is CC.Cc1ccn(C2(CC#N)CN(CC(F)(F)F)C2)n1. The molecule has 1 aliphatic heterocycles. The predicted octanol–water partition coefficient (Wildman–Crippen LogP) is 2.70. The molecule has 20 heavy (non-hydrogen) atoms. The second kappa shape index (κ2) is 6.27. The van der Waals surface area contributed by atoms with Crippen LogP contribution in [0.25, 0.3) is 0 Å². The van der Waals surface area contributed by atoms with Crippen molar-refractivity contribution in [3.05, 3.63) is 18.0 Å². The molecule has 0 unspecified atom stereocenters. The highest BCUT2D eigenvalue weighted by molar-refractivity contribution is 5.08. The summed E-state index contributed by atoms with van der Waals surface area (Å²) < 4.78 is 38.3. The zero-order valence-electron chi connectivity index (χ0n) is 11.9. The summed E-state index contributed by atoms with van der Waals surface area (Å²) in [5, 5.41) is 13.0. The van der Waals surface area contributed by atoms with Gasteiger partial charge in [-0.05, 0) is 13.0 Å². The van der Waals surface area contributed by atoms with E-state index in [1.807, 2.05) is 26.8 Å². The van der Waals surface area contributed by atoms with Crippen molar-refractivity contribution >= 4 is 0 Å². The van der Waals surface area contributed by atoms with E-state index in [-0.39, 0.29) is 19.5 Å². The van der Waals surface area contributed by atoms with Gasteiger partial charge in [0.15, 0.2) is 0 Å². The lowest BCUT2D eigenvalue weighted by atomic mass is 9.87. The molecule has 0 spiro atoms. The molecule has 0 aliphatic carbocycles. The number of aromatic nitrogens is 2. The van der Waals surface area contributed by atoms with Crippen LogP contribution < -0.4 is 0 Å². The minimum atomic E-state index is -4.20. The van der Waals surface area contributed by atoms with Crippen LogP contribution in [0.4, 0.5) is 13.2 Å². The number of halogens is 3. The van der Waals surface area contributed by atoms with Crippen molar-refractivity contribution in [3.8, 4) is 6.07 Å². The Bertz CT molecular complexity index is 467. The van der Waals surface area contributed by atoms with E-state index in [1.165, 1.54) is 4.90 Å². The second-order valence-electron chi connectivity index (χ2n) is 4.72. The molecule has 0 N–H and O–H groups in total. The molecule has 0 bridgehead atoms. The molecule has 1 aromatic rings. The molecule has 1 fully saturated rings. The van der Waals surface area contributed by atoms with Crippen LogP contribution in [0.3, 0.4) is 0 Å². The van der Waals surface area contributed by atoms with Gasteiger partial charge >= 0.3 is 6.18 Å². The Hall–Kier alpha value is -1.55. The van der Waals surface area contributed by atoms with Gasteiger partial charge < -0.3 is 0 Å². The molecule has 2 heterocycles. The minimum Gasteiger partial charge on any atom is -0.290 e. The second-order valence-corrected chi connectivity index (χ2v) is 4.72. The number of hydrogen-bond donors (Lipinski definition) is 0. The fraction of sp³-hybridized carbons (Fsp3) is 0.692. The molecular formula is C13H19F3N4. The largest absolute Gasteiger partial charge is 0.401 e. The Morgan fingerprint density at radius 2 is 2.00 bits per heavy atom. The van der Waals surface area contributed by atoms with E-state index < -0.39 is 18.3 Å². The number of hydrogen-bond acceptors (Lipinski definition) is 3. The number of alkyl halides is 3. The zero-order chi connectivity index (χ0) is 15.4. The van der Waals surface area contributed by atoms with Crippen LogP contribution in [-0.4, -0.2) is 40.5 Å². The van der Waals surface area contributed by atoms with Crippen molar-refractivity contribution in [1.82, 2.24) is 14.7 Å². The number of nitrogens with zero attached hydrogens (tertiary/aromatic N) is 4. The molecule has 2 rings (SSSR count). The molecule has 4 nitrogen and oxygen atoms in total. The summed E-state index contributed by atoms with van der Waals surface area (Å²) in [5.41, 5.74) is 0.190. The Kier molecular flexibility index (Phi) is 5.17. The monoisotopic (exact) mass is 288 g/mol. The quantitative estimate of drug-likeness (QED) is 0.859. The summed E-state index contributed by atoms with van der Waals surface area (Å²) in [4.78, 5) is 1.29. The van der Waals surface area contributed by atoms with Crippen LogP contribution in [0.2, 0.25) is 0 Å².